The second-order valence-corrected chi connectivity index (χ2v) is 6.03. The first-order valence-corrected chi connectivity index (χ1v) is 7.72. The third-order valence-corrected chi connectivity index (χ3v) is 4.51. The van der Waals surface area contributed by atoms with Crippen LogP contribution in [0.15, 0.2) is 36.7 Å². The molecule has 0 saturated heterocycles. The number of nitrogens with one attached hydrogen (secondary N) is 1. The summed E-state index contributed by atoms with van der Waals surface area (Å²) in [6.45, 7) is 2.14. The van der Waals surface area contributed by atoms with Gasteiger partial charge in [0.15, 0.2) is 0 Å². The number of nitrogens with zero attached hydrogens (tertiary/aromatic N) is 4. The van der Waals surface area contributed by atoms with Gasteiger partial charge in [-0.1, -0.05) is 6.07 Å². The summed E-state index contributed by atoms with van der Waals surface area (Å²) in [7, 11) is 1.70. The highest BCUT2D eigenvalue weighted by atomic mass is 16.6. The van der Waals surface area contributed by atoms with Crippen LogP contribution in [0.2, 0.25) is 0 Å². The van der Waals surface area contributed by atoms with Crippen LogP contribution in [0, 0.1) is 17.0 Å². The first-order chi connectivity index (χ1) is 12.0. The minimum absolute atomic E-state index is 0.0407. The van der Waals surface area contributed by atoms with E-state index in [1.807, 2.05) is 13.0 Å². The highest BCUT2D eigenvalue weighted by Gasteiger charge is 2.32. The molecular weight excluding hydrogens is 322 g/mol. The zero-order valence-electron chi connectivity index (χ0n) is 13.7. The van der Waals surface area contributed by atoms with Gasteiger partial charge in [0.25, 0.3) is 5.69 Å². The van der Waals surface area contributed by atoms with E-state index >= 15 is 0 Å². The van der Waals surface area contributed by atoms with E-state index < -0.39 is 4.92 Å². The Balaban J connectivity index is 1.85. The van der Waals surface area contributed by atoms with Gasteiger partial charge in [-0.05, 0) is 18.6 Å². The Morgan fingerprint density at radius 1 is 1.32 bits per heavy atom. The first-order valence-electron chi connectivity index (χ1n) is 7.72. The molecule has 8 heteroatoms. The lowest BCUT2D eigenvalue weighted by molar-refractivity contribution is -0.384. The number of non-ortho nitro benzene ring substituents is 1. The van der Waals surface area contributed by atoms with Gasteiger partial charge in [0.2, 0.25) is 0 Å². The lowest BCUT2D eigenvalue weighted by Crippen LogP contribution is -2.45. The number of urea groups is 1. The molecule has 2 amide bonds. The zero-order chi connectivity index (χ0) is 17.7. The van der Waals surface area contributed by atoms with E-state index in [1.54, 1.807) is 35.3 Å². The summed E-state index contributed by atoms with van der Waals surface area (Å²) < 4.78 is 0. The third-order valence-electron chi connectivity index (χ3n) is 4.51. The number of rotatable bonds is 2. The summed E-state index contributed by atoms with van der Waals surface area (Å²) in [5.41, 5.74) is 3.72. The van der Waals surface area contributed by atoms with Gasteiger partial charge in [-0.3, -0.25) is 19.9 Å². The Morgan fingerprint density at radius 3 is 2.88 bits per heavy atom. The molecule has 0 radical (unpaired) electrons. The molecule has 126 valence electrons. The molecule has 1 N–H and O–H groups in total. The number of carbonyl (C=O) groups is 1. The molecule has 8 nitrogen and oxygen atoms in total. The van der Waals surface area contributed by atoms with Gasteiger partial charge in [-0.15, -0.1) is 0 Å². The molecule has 0 unspecified atom stereocenters. The maximum atomic E-state index is 12.9. The minimum Gasteiger partial charge on any atom is -0.346 e. The van der Waals surface area contributed by atoms with Crippen molar-refractivity contribution in [2.24, 2.45) is 0 Å². The molecular formula is C17H15N5O3. The predicted octanol–water partition coefficient (Wildman–Crippen LogP) is 3.36. The molecule has 3 aromatic rings. The molecule has 0 bridgehead atoms. The average molecular weight is 337 g/mol. The Hall–Kier alpha value is -3.42. The smallest absolute Gasteiger partial charge is 0.329 e. The molecule has 1 aliphatic heterocycles. The van der Waals surface area contributed by atoms with Crippen LogP contribution in [0.25, 0.3) is 11.0 Å². The van der Waals surface area contributed by atoms with Crippen molar-refractivity contribution in [2.45, 2.75) is 13.5 Å². The van der Waals surface area contributed by atoms with Crippen molar-refractivity contribution >= 4 is 34.1 Å². The average Bonchev–Trinajstić information content (AvgIpc) is 3.06. The fraction of sp³-hybridized carbons (Fsp3) is 0.176. The maximum absolute atomic E-state index is 12.9. The van der Waals surface area contributed by atoms with Crippen LogP contribution in [-0.2, 0) is 6.54 Å². The summed E-state index contributed by atoms with van der Waals surface area (Å²) in [5.74, 6) is 0. The van der Waals surface area contributed by atoms with Crippen molar-refractivity contribution in [3.8, 4) is 0 Å². The topological polar surface area (TPSA) is 95.4 Å². The van der Waals surface area contributed by atoms with E-state index in [1.165, 1.54) is 12.1 Å². The lowest BCUT2D eigenvalue weighted by Gasteiger charge is -2.35. The van der Waals surface area contributed by atoms with Crippen LogP contribution in [0.5, 0.6) is 0 Å². The summed E-state index contributed by atoms with van der Waals surface area (Å²) in [5, 5.41) is 12.0. The summed E-state index contributed by atoms with van der Waals surface area (Å²) in [6.07, 6.45) is 3.52. The molecule has 0 aliphatic carbocycles. The number of aryl methyl sites for hydroxylation is 1. The van der Waals surface area contributed by atoms with E-state index in [0.717, 1.165) is 27.8 Å². The Morgan fingerprint density at radius 2 is 2.12 bits per heavy atom. The number of aromatic amines is 1. The number of fused-ring (bicyclic) bond motifs is 3. The van der Waals surface area contributed by atoms with Crippen LogP contribution in [0.1, 0.15) is 11.1 Å². The zero-order valence-corrected chi connectivity index (χ0v) is 13.7. The van der Waals surface area contributed by atoms with Crippen molar-refractivity contribution in [3.63, 3.8) is 0 Å². The molecule has 1 aliphatic rings. The number of nitro groups is 1. The second kappa shape index (κ2) is 5.30. The molecule has 3 heterocycles. The summed E-state index contributed by atoms with van der Waals surface area (Å²) in [4.78, 5) is 34.1. The highest BCUT2D eigenvalue weighted by Crippen LogP contribution is 2.37. The lowest BCUT2D eigenvalue weighted by atomic mass is 10.1. The van der Waals surface area contributed by atoms with Crippen LogP contribution in [0.3, 0.4) is 0 Å². The Bertz CT molecular complexity index is 1030. The van der Waals surface area contributed by atoms with Gasteiger partial charge in [-0.25, -0.2) is 9.78 Å². The largest absolute Gasteiger partial charge is 0.346 e. The number of anilines is 2. The van der Waals surface area contributed by atoms with Crippen molar-refractivity contribution in [1.29, 1.82) is 0 Å². The van der Waals surface area contributed by atoms with Gasteiger partial charge in [-0.2, -0.15) is 0 Å². The van der Waals surface area contributed by atoms with Gasteiger partial charge >= 0.3 is 6.03 Å². The minimum atomic E-state index is -0.458. The van der Waals surface area contributed by atoms with Crippen LogP contribution < -0.4 is 9.80 Å². The quantitative estimate of drug-likeness (QED) is 0.573. The number of pyridine rings is 1. The maximum Gasteiger partial charge on any atom is 0.329 e. The summed E-state index contributed by atoms with van der Waals surface area (Å²) in [6, 6.07) is 6.19. The van der Waals surface area contributed by atoms with Gasteiger partial charge in [0, 0.05) is 42.5 Å². The molecule has 2 aromatic heterocycles. The number of benzene rings is 1. The molecule has 0 fully saturated rings. The monoisotopic (exact) mass is 337 g/mol. The number of carbonyl (C=O) groups excluding carboxylic acids is 1. The highest BCUT2D eigenvalue weighted by molar-refractivity contribution is 6.11. The van der Waals surface area contributed by atoms with E-state index in [9.17, 15) is 14.9 Å². The molecule has 0 atom stereocenters. The molecule has 25 heavy (non-hydrogen) atoms. The fourth-order valence-electron chi connectivity index (χ4n) is 3.25. The number of nitro benzene ring substituents is 1. The van der Waals surface area contributed by atoms with Gasteiger partial charge in [0.1, 0.15) is 5.65 Å². The first kappa shape index (κ1) is 15.1. The number of amides is 2. The number of hydrogen-bond donors (Lipinski definition) is 1. The predicted molar refractivity (Wildman–Crippen MR) is 93.9 cm³/mol. The SMILES string of the molecule is Cc1ccc([N+](=O)[O-])cc1N1Cc2cnc3[nH]ccc3c2N(C)C1=O. The molecule has 0 saturated carbocycles. The normalized spacial score (nSPS) is 14.1. The van der Waals surface area contributed by atoms with Crippen molar-refractivity contribution in [1.82, 2.24) is 9.97 Å². The van der Waals surface area contributed by atoms with Gasteiger partial charge < -0.3 is 4.98 Å². The van der Waals surface area contributed by atoms with Crippen molar-refractivity contribution in [3.05, 3.63) is 57.9 Å². The van der Waals surface area contributed by atoms with Crippen LogP contribution >= 0.6 is 0 Å². The second-order valence-electron chi connectivity index (χ2n) is 6.03. The van der Waals surface area contributed by atoms with E-state index in [0.29, 0.717) is 12.2 Å². The fourth-order valence-corrected chi connectivity index (χ4v) is 3.25. The van der Waals surface area contributed by atoms with E-state index in [4.69, 9.17) is 0 Å². The van der Waals surface area contributed by atoms with E-state index in [2.05, 4.69) is 9.97 Å². The summed E-state index contributed by atoms with van der Waals surface area (Å²) >= 11 is 0. The van der Waals surface area contributed by atoms with Crippen LogP contribution in [0.4, 0.5) is 21.9 Å². The molecule has 0 spiro atoms. The molecule has 1 aromatic carbocycles. The number of aromatic nitrogens is 2. The number of H-pyrrole nitrogens is 1. The van der Waals surface area contributed by atoms with Crippen molar-refractivity contribution < 1.29 is 9.72 Å². The Kier molecular flexibility index (Phi) is 3.21. The third kappa shape index (κ3) is 2.22. The number of hydrogen-bond acceptors (Lipinski definition) is 4. The molecule has 4 rings (SSSR count). The Labute approximate surface area is 142 Å². The van der Waals surface area contributed by atoms with Gasteiger partial charge in [0.05, 0.1) is 22.8 Å². The van der Waals surface area contributed by atoms with E-state index in [-0.39, 0.29) is 11.7 Å². The van der Waals surface area contributed by atoms with Crippen LogP contribution in [-0.4, -0.2) is 28.0 Å². The standard InChI is InChI=1S/C17H15N5O3/c1-10-3-4-12(22(24)25)7-14(10)21-9-11-8-19-16-13(5-6-18-16)15(11)20(2)17(21)23/h3-8H,9H2,1-2H3,(H,18,19). The van der Waals surface area contributed by atoms with Crippen molar-refractivity contribution in [2.75, 3.05) is 16.8 Å².